The van der Waals surface area contributed by atoms with Crippen molar-refractivity contribution in [3.63, 3.8) is 0 Å². The molecule has 0 saturated heterocycles. The summed E-state index contributed by atoms with van der Waals surface area (Å²) in [6, 6.07) is 16.3. The maximum Gasteiger partial charge on any atom is 0.171 e. The maximum atomic E-state index is 5.56. The summed E-state index contributed by atoms with van der Waals surface area (Å²) >= 11 is 5.53. The lowest BCUT2D eigenvalue weighted by Gasteiger charge is -2.26. The summed E-state index contributed by atoms with van der Waals surface area (Å²) in [5, 5.41) is 7.30. The Morgan fingerprint density at radius 1 is 1.20 bits per heavy atom. The van der Waals surface area contributed by atoms with Crippen LogP contribution in [0.4, 0.5) is 5.69 Å². The Bertz CT molecular complexity index is 727. The number of anilines is 1. The van der Waals surface area contributed by atoms with Gasteiger partial charge in [0, 0.05) is 11.8 Å². The Hall–Kier alpha value is -2.33. The third kappa shape index (κ3) is 5.61. The number of hydrogen-bond donors (Lipinski definition) is 2. The SMILES string of the molecule is C=CCOc1cccc(NC(=S)N[C@H](c2ccccc2C)C(C)C)c1. The molecule has 2 aromatic rings. The Balaban J connectivity index is 2.07. The molecule has 0 saturated carbocycles. The van der Waals surface area contributed by atoms with Gasteiger partial charge in [0.25, 0.3) is 0 Å². The fourth-order valence-electron chi connectivity index (χ4n) is 2.67. The van der Waals surface area contributed by atoms with Crippen LogP contribution >= 0.6 is 12.2 Å². The van der Waals surface area contributed by atoms with Crippen LogP contribution < -0.4 is 15.4 Å². The standard InChI is InChI=1S/C21H26N2OS/c1-5-13-24-18-11-8-10-17(14-18)22-21(25)23-20(15(2)3)19-12-7-6-9-16(19)4/h5-12,14-15,20H,1,13H2,2-4H3,(H2,22,23,25)/t20-/m0/s1. The van der Waals surface area contributed by atoms with Crippen molar-refractivity contribution in [2.24, 2.45) is 5.92 Å². The molecule has 0 fully saturated rings. The number of benzene rings is 2. The zero-order valence-electron chi connectivity index (χ0n) is 15.1. The van der Waals surface area contributed by atoms with Crippen LogP contribution in [0.5, 0.6) is 5.75 Å². The van der Waals surface area contributed by atoms with E-state index < -0.39 is 0 Å². The molecule has 2 rings (SSSR count). The first-order chi connectivity index (χ1) is 12.0. The topological polar surface area (TPSA) is 33.3 Å². The van der Waals surface area contributed by atoms with Gasteiger partial charge in [-0.15, -0.1) is 0 Å². The zero-order valence-corrected chi connectivity index (χ0v) is 15.9. The average Bonchev–Trinajstić information content (AvgIpc) is 2.59. The molecule has 4 heteroatoms. The second kappa shape index (κ2) is 9.23. The van der Waals surface area contributed by atoms with E-state index in [0.29, 0.717) is 17.6 Å². The van der Waals surface area contributed by atoms with Crippen LogP contribution in [0.25, 0.3) is 0 Å². The highest BCUT2D eigenvalue weighted by atomic mass is 32.1. The van der Waals surface area contributed by atoms with E-state index in [1.54, 1.807) is 6.08 Å². The van der Waals surface area contributed by atoms with Gasteiger partial charge in [0.05, 0.1) is 6.04 Å². The molecular formula is C21H26N2OS. The summed E-state index contributed by atoms with van der Waals surface area (Å²) in [6.07, 6.45) is 1.72. The number of thiocarbonyl (C=S) groups is 1. The maximum absolute atomic E-state index is 5.56. The van der Waals surface area contributed by atoms with E-state index in [4.69, 9.17) is 17.0 Å². The van der Waals surface area contributed by atoms with Crippen LogP contribution in [-0.4, -0.2) is 11.7 Å². The molecule has 0 amide bonds. The molecule has 132 valence electrons. The minimum atomic E-state index is 0.154. The van der Waals surface area contributed by atoms with Crippen LogP contribution in [0.15, 0.2) is 61.2 Å². The number of rotatable bonds is 7. The lowest BCUT2D eigenvalue weighted by atomic mass is 9.93. The summed E-state index contributed by atoms with van der Waals surface area (Å²) in [7, 11) is 0. The largest absolute Gasteiger partial charge is 0.489 e. The summed E-state index contributed by atoms with van der Waals surface area (Å²) < 4.78 is 5.56. The lowest BCUT2D eigenvalue weighted by molar-refractivity contribution is 0.363. The first-order valence-electron chi connectivity index (χ1n) is 8.48. The molecule has 2 aromatic carbocycles. The molecular weight excluding hydrogens is 328 g/mol. The van der Waals surface area contributed by atoms with Crippen molar-refractivity contribution < 1.29 is 4.74 Å². The summed E-state index contributed by atoms with van der Waals surface area (Å²) in [6.45, 7) is 10.7. The van der Waals surface area contributed by atoms with E-state index in [9.17, 15) is 0 Å². The number of nitrogens with one attached hydrogen (secondary N) is 2. The third-order valence-corrected chi connectivity index (χ3v) is 4.16. The molecule has 1 atom stereocenters. The van der Waals surface area contributed by atoms with E-state index in [1.807, 2.05) is 24.3 Å². The third-order valence-electron chi connectivity index (χ3n) is 3.94. The van der Waals surface area contributed by atoms with Crippen molar-refractivity contribution in [3.05, 3.63) is 72.3 Å². The minimum Gasteiger partial charge on any atom is -0.489 e. The van der Waals surface area contributed by atoms with Gasteiger partial charge in [-0.2, -0.15) is 0 Å². The second-order valence-electron chi connectivity index (χ2n) is 6.30. The van der Waals surface area contributed by atoms with Crippen LogP contribution in [0.1, 0.15) is 31.0 Å². The van der Waals surface area contributed by atoms with Crippen LogP contribution in [0, 0.1) is 12.8 Å². The van der Waals surface area contributed by atoms with Gasteiger partial charge in [-0.25, -0.2) is 0 Å². The molecule has 0 aliphatic carbocycles. The summed E-state index contributed by atoms with van der Waals surface area (Å²) in [5.41, 5.74) is 3.42. The Morgan fingerprint density at radius 3 is 2.64 bits per heavy atom. The van der Waals surface area contributed by atoms with Gasteiger partial charge < -0.3 is 15.4 Å². The minimum absolute atomic E-state index is 0.154. The van der Waals surface area contributed by atoms with Crippen molar-refractivity contribution in [1.29, 1.82) is 0 Å². The van der Waals surface area contributed by atoms with E-state index in [0.717, 1.165) is 11.4 Å². The molecule has 0 aromatic heterocycles. The van der Waals surface area contributed by atoms with Crippen LogP contribution in [0.2, 0.25) is 0 Å². The quantitative estimate of drug-likeness (QED) is 0.526. The van der Waals surface area contributed by atoms with Gasteiger partial charge in [0.15, 0.2) is 5.11 Å². The molecule has 0 spiro atoms. The monoisotopic (exact) mass is 354 g/mol. The predicted molar refractivity (Wildman–Crippen MR) is 110 cm³/mol. The Morgan fingerprint density at radius 2 is 1.96 bits per heavy atom. The molecule has 25 heavy (non-hydrogen) atoms. The molecule has 0 unspecified atom stereocenters. The molecule has 0 heterocycles. The Kier molecular flexibility index (Phi) is 7.02. The lowest BCUT2D eigenvalue weighted by Crippen LogP contribution is -2.35. The number of hydrogen-bond acceptors (Lipinski definition) is 2. The van der Waals surface area contributed by atoms with Crippen LogP contribution in [0.3, 0.4) is 0 Å². The van der Waals surface area contributed by atoms with Gasteiger partial charge in [0.2, 0.25) is 0 Å². The molecule has 0 aliphatic heterocycles. The molecule has 0 radical (unpaired) electrons. The van der Waals surface area contributed by atoms with E-state index in [1.165, 1.54) is 11.1 Å². The van der Waals surface area contributed by atoms with Crippen LogP contribution in [-0.2, 0) is 0 Å². The summed E-state index contributed by atoms with van der Waals surface area (Å²) in [4.78, 5) is 0. The molecule has 0 bridgehead atoms. The van der Waals surface area contributed by atoms with E-state index in [2.05, 4.69) is 62.2 Å². The van der Waals surface area contributed by atoms with Gasteiger partial charge in [-0.05, 0) is 48.3 Å². The summed E-state index contributed by atoms with van der Waals surface area (Å²) in [5.74, 6) is 1.19. The van der Waals surface area contributed by atoms with Crippen molar-refractivity contribution in [3.8, 4) is 5.75 Å². The van der Waals surface area contributed by atoms with Gasteiger partial charge >= 0.3 is 0 Å². The molecule has 3 nitrogen and oxygen atoms in total. The molecule has 2 N–H and O–H groups in total. The highest BCUT2D eigenvalue weighted by Gasteiger charge is 2.18. The van der Waals surface area contributed by atoms with Crippen molar-refractivity contribution in [2.45, 2.75) is 26.8 Å². The normalized spacial score (nSPS) is 11.7. The van der Waals surface area contributed by atoms with Crippen molar-refractivity contribution in [2.75, 3.05) is 11.9 Å². The second-order valence-corrected chi connectivity index (χ2v) is 6.71. The van der Waals surface area contributed by atoms with E-state index in [-0.39, 0.29) is 6.04 Å². The highest BCUT2D eigenvalue weighted by molar-refractivity contribution is 7.80. The fraction of sp³-hybridized carbons (Fsp3) is 0.286. The van der Waals surface area contributed by atoms with Crippen molar-refractivity contribution in [1.82, 2.24) is 5.32 Å². The fourth-order valence-corrected chi connectivity index (χ4v) is 2.91. The van der Waals surface area contributed by atoms with Crippen molar-refractivity contribution >= 4 is 23.0 Å². The Labute approximate surface area is 156 Å². The van der Waals surface area contributed by atoms with Gasteiger partial charge in [-0.1, -0.05) is 56.8 Å². The van der Waals surface area contributed by atoms with Gasteiger partial charge in [0.1, 0.15) is 12.4 Å². The average molecular weight is 355 g/mol. The first kappa shape index (κ1) is 19.0. The zero-order chi connectivity index (χ0) is 18.2. The first-order valence-corrected chi connectivity index (χ1v) is 8.89. The predicted octanol–water partition coefficient (Wildman–Crippen LogP) is 5.24. The smallest absolute Gasteiger partial charge is 0.171 e. The number of ether oxygens (including phenoxy) is 1. The highest BCUT2D eigenvalue weighted by Crippen LogP contribution is 2.25. The van der Waals surface area contributed by atoms with Gasteiger partial charge in [-0.3, -0.25) is 0 Å². The van der Waals surface area contributed by atoms with E-state index >= 15 is 0 Å². The molecule has 0 aliphatic rings. The number of aryl methyl sites for hydroxylation is 1.